The number of carbonyl (C=O) groups is 1. The summed E-state index contributed by atoms with van der Waals surface area (Å²) in [5.41, 5.74) is 5.31. The first-order valence-electron chi connectivity index (χ1n) is 5.19. The fourth-order valence-electron chi connectivity index (χ4n) is 1.60. The zero-order chi connectivity index (χ0) is 13.9. The number of nitrogens with two attached hydrogens (primary N) is 1. The van der Waals surface area contributed by atoms with Gasteiger partial charge in [-0.2, -0.15) is 13.2 Å². The van der Waals surface area contributed by atoms with Gasteiger partial charge in [0.25, 0.3) is 0 Å². The van der Waals surface area contributed by atoms with Gasteiger partial charge < -0.3 is 15.7 Å². The molecule has 7 heteroatoms. The average Bonchev–Trinajstić information content (AvgIpc) is 2.25. The molecule has 1 aromatic rings. The molecule has 0 aliphatic rings. The Labute approximate surface area is 102 Å². The summed E-state index contributed by atoms with van der Waals surface area (Å²) in [5.74, 6) is -1.27. The number of benzene rings is 1. The summed E-state index contributed by atoms with van der Waals surface area (Å²) in [4.78, 5) is 11.8. The van der Waals surface area contributed by atoms with Crippen LogP contribution in [0.1, 0.15) is 17.3 Å². The number of aromatic carboxylic acids is 1. The molecule has 0 bridgehead atoms. The second-order valence-corrected chi connectivity index (χ2v) is 3.67. The van der Waals surface area contributed by atoms with Gasteiger partial charge in [-0.05, 0) is 19.1 Å². The van der Waals surface area contributed by atoms with Crippen LogP contribution in [0.15, 0.2) is 18.2 Å². The van der Waals surface area contributed by atoms with Crippen molar-refractivity contribution in [3.05, 3.63) is 23.8 Å². The lowest BCUT2D eigenvalue weighted by molar-refractivity contribution is -0.119. The smallest absolute Gasteiger partial charge is 0.405 e. The van der Waals surface area contributed by atoms with Crippen molar-refractivity contribution in [3.8, 4) is 0 Å². The number of para-hydroxylation sites is 1. The summed E-state index contributed by atoms with van der Waals surface area (Å²) in [6, 6.07) is 3.99. The third-order valence-electron chi connectivity index (χ3n) is 2.41. The van der Waals surface area contributed by atoms with Crippen molar-refractivity contribution >= 4 is 17.3 Å². The maximum atomic E-state index is 12.4. The molecule has 0 saturated heterocycles. The quantitative estimate of drug-likeness (QED) is 0.817. The molecule has 0 aliphatic carbocycles. The molecule has 4 nitrogen and oxygen atoms in total. The topological polar surface area (TPSA) is 66.6 Å². The molecule has 0 aliphatic heterocycles. The van der Waals surface area contributed by atoms with E-state index in [1.807, 2.05) is 0 Å². The van der Waals surface area contributed by atoms with Crippen LogP contribution in [0.25, 0.3) is 0 Å². The van der Waals surface area contributed by atoms with Gasteiger partial charge in [0.1, 0.15) is 6.54 Å². The number of halogens is 3. The van der Waals surface area contributed by atoms with Crippen molar-refractivity contribution in [2.24, 2.45) is 0 Å². The van der Waals surface area contributed by atoms with Crippen molar-refractivity contribution in [1.29, 1.82) is 0 Å². The van der Waals surface area contributed by atoms with Crippen molar-refractivity contribution in [3.63, 3.8) is 0 Å². The predicted molar refractivity (Wildman–Crippen MR) is 61.8 cm³/mol. The first-order chi connectivity index (χ1) is 8.26. The predicted octanol–water partition coefficient (Wildman–Crippen LogP) is 2.36. The van der Waals surface area contributed by atoms with Gasteiger partial charge in [0.05, 0.1) is 16.9 Å². The highest BCUT2D eigenvalue weighted by Gasteiger charge is 2.31. The summed E-state index contributed by atoms with van der Waals surface area (Å²) in [5, 5.41) is 8.86. The number of nitrogens with zero attached hydrogens (tertiary/aromatic N) is 1. The molecule has 100 valence electrons. The number of carboxylic acids is 1. The lowest BCUT2D eigenvalue weighted by atomic mass is 10.1. The summed E-state index contributed by atoms with van der Waals surface area (Å²) < 4.78 is 37.1. The number of alkyl halides is 3. The standard InChI is InChI=1S/C11H13F3N2O2/c1-2-16(6-11(12,13)14)8-5-3-4-7(9(8)15)10(17)18/h3-5H,2,6,15H2,1H3,(H,17,18). The molecule has 0 saturated carbocycles. The minimum atomic E-state index is -4.37. The van der Waals surface area contributed by atoms with Crippen molar-refractivity contribution in [1.82, 2.24) is 0 Å². The fraction of sp³-hybridized carbons (Fsp3) is 0.364. The van der Waals surface area contributed by atoms with E-state index in [1.54, 1.807) is 6.92 Å². The Morgan fingerprint density at radius 1 is 1.44 bits per heavy atom. The maximum Gasteiger partial charge on any atom is 0.405 e. The van der Waals surface area contributed by atoms with Gasteiger partial charge in [-0.25, -0.2) is 4.79 Å². The second kappa shape index (κ2) is 5.16. The van der Waals surface area contributed by atoms with Gasteiger partial charge >= 0.3 is 12.1 Å². The Morgan fingerprint density at radius 2 is 2.06 bits per heavy atom. The van der Waals surface area contributed by atoms with E-state index in [0.29, 0.717) is 0 Å². The molecule has 1 rings (SSSR count). The zero-order valence-corrected chi connectivity index (χ0v) is 9.66. The first kappa shape index (κ1) is 14.1. The van der Waals surface area contributed by atoms with Crippen LogP contribution in [0.2, 0.25) is 0 Å². The number of hydrogen-bond donors (Lipinski definition) is 2. The van der Waals surface area contributed by atoms with Gasteiger partial charge in [-0.15, -0.1) is 0 Å². The van der Waals surface area contributed by atoms with Crippen molar-refractivity contribution < 1.29 is 23.1 Å². The van der Waals surface area contributed by atoms with Crippen LogP contribution in [-0.4, -0.2) is 30.3 Å². The van der Waals surface area contributed by atoms with Gasteiger partial charge in [0.15, 0.2) is 0 Å². The third-order valence-corrected chi connectivity index (χ3v) is 2.41. The van der Waals surface area contributed by atoms with E-state index in [4.69, 9.17) is 10.8 Å². The lowest BCUT2D eigenvalue weighted by Crippen LogP contribution is -2.34. The molecular formula is C11H13F3N2O2. The molecule has 0 fully saturated rings. The van der Waals surface area contributed by atoms with E-state index in [0.717, 1.165) is 4.90 Å². The normalized spacial score (nSPS) is 11.3. The highest BCUT2D eigenvalue weighted by molar-refractivity contribution is 5.97. The van der Waals surface area contributed by atoms with Gasteiger partial charge in [0, 0.05) is 6.54 Å². The maximum absolute atomic E-state index is 12.4. The minimum Gasteiger partial charge on any atom is -0.478 e. The zero-order valence-electron chi connectivity index (χ0n) is 9.66. The van der Waals surface area contributed by atoms with Gasteiger partial charge in [-0.3, -0.25) is 0 Å². The van der Waals surface area contributed by atoms with Crippen LogP contribution in [0, 0.1) is 0 Å². The Bertz CT molecular complexity index is 446. The van der Waals surface area contributed by atoms with E-state index in [9.17, 15) is 18.0 Å². The highest BCUT2D eigenvalue weighted by atomic mass is 19.4. The first-order valence-corrected chi connectivity index (χ1v) is 5.19. The average molecular weight is 262 g/mol. The molecule has 1 aromatic carbocycles. The third kappa shape index (κ3) is 3.28. The minimum absolute atomic E-state index is 0.0762. The monoisotopic (exact) mass is 262 g/mol. The van der Waals surface area contributed by atoms with E-state index in [-0.39, 0.29) is 23.5 Å². The molecule has 0 heterocycles. The lowest BCUT2D eigenvalue weighted by Gasteiger charge is -2.26. The molecule has 0 unspecified atom stereocenters. The van der Waals surface area contributed by atoms with Gasteiger partial charge in [0.2, 0.25) is 0 Å². The number of carboxylic acid groups (broad SMARTS) is 1. The van der Waals surface area contributed by atoms with Gasteiger partial charge in [-0.1, -0.05) is 6.07 Å². The van der Waals surface area contributed by atoms with Crippen LogP contribution in [0.3, 0.4) is 0 Å². The number of anilines is 2. The largest absolute Gasteiger partial charge is 0.478 e. The summed E-state index contributed by atoms with van der Waals surface area (Å²) in [7, 11) is 0. The van der Waals surface area contributed by atoms with E-state index in [1.165, 1.54) is 18.2 Å². The molecule has 0 spiro atoms. The van der Waals surface area contributed by atoms with Crippen molar-refractivity contribution in [2.75, 3.05) is 23.7 Å². The number of hydrogen-bond acceptors (Lipinski definition) is 3. The van der Waals surface area contributed by atoms with Crippen LogP contribution >= 0.6 is 0 Å². The molecule has 3 N–H and O–H groups in total. The summed E-state index contributed by atoms with van der Waals surface area (Å²) in [6.45, 7) is 0.447. The Balaban J connectivity index is 3.14. The molecule has 0 aromatic heterocycles. The second-order valence-electron chi connectivity index (χ2n) is 3.67. The highest BCUT2D eigenvalue weighted by Crippen LogP contribution is 2.29. The van der Waals surface area contributed by atoms with Crippen LogP contribution in [-0.2, 0) is 0 Å². The van der Waals surface area contributed by atoms with E-state index >= 15 is 0 Å². The van der Waals surface area contributed by atoms with Crippen molar-refractivity contribution in [2.45, 2.75) is 13.1 Å². The summed E-state index contributed by atoms with van der Waals surface area (Å²) in [6.07, 6.45) is -4.37. The molecule has 0 radical (unpaired) electrons. The molecule has 0 amide bonds. The Morgan fingerprint density at radius 3 is 2.50 bits per heavy atom. The molecule has 0 atom stereocenters. The Kier molecular flexibility index (Phi) is 4.05. The van der Waals surface area contributed by atoms with E-state index in [2.05, 4.69) is 0 Å². The summed E-state index contributed by atoms with van der Waals surface area (Å²) >= 11 is 0. The SMILES string of the molecule is CCN(CC(F)(F)F)c1cccc(C(=O)O)c1N. The number of rotatable bonds is 4. The van der Waals surface area contributed by atoms with Crippen LogP contribution < -0.4 is 10.6 Å². The fourth-order valence-corrected chi connectivity index (χ4v) is 1.60. The van der Waals surface area contributed by atoms with E-state index < -0.39 is 18.7 Å². The number of nitrogen functional groups attached to an aromatic ring is 1. The van der Waals surface area contributed by atoms with Crippen LogP contribution in [0.5, 0.6) is 0 Å². The van der Waals surface area contributed by atoms with Crippen LogP contribution in [0.4, 0.5) is 24.5 Å². The Hall–Kier alpha value is -1.92. The molecule has 18 heavy (non-hydrogen) atoms. The molecular weight excluding hydrogens is 249 g/mol.